The molecule has 3 aromatic rings. The molecular weight excluding hydrogens is 356 g/mol. The Labute approximate surface area is 163 Å². The van der Waals surface area contributed by atoms with Gasteiger partial charge >= 0.3 is 0 Å². The van der Waals surface area contributed by atoms with Crippen LogP contribution in [0.1, 0.15) is 30.3 Å². The van der Waals surface area contributed by atoms with Crippen LogP contribution >= 0.6 is 0 Å². The molecule has 0 saturated carbocycles. The lowest BCUT2D eigenvalue weighted by Crippen LogP contribution is -2.34. The molecule has 1 aliphatic heterocycles. The van der Waals surface area contributed by atoms with Crippen LogP contribution < -0.4 is 20.1 Å². The van der Waals surface area contributed by atoms with Crippen LogP contribution in [0.5, 0.6) is 11.5 Å². The molecule has 1 saturated heterocycles. The van der Waals surface area contributed by atoms with Crippen molar-refractivity contribution in [3.8, 4) is 11.5 Å². The Morgan fingerprint density at radius 3 is 2.43 bits per heavy atom. The molecule has 1 aliphatic rings. The zero-order valence-corrected chi connectivity index (χ0v) is 16.3. The van der Waals surface area contributed by atoms with Gasteiger partial charge in [-0.05, 0) is 31.9 Å². The van der Waals surface area contributed by atoms with Crippen LogP contribution in [-0.4, -0.2) is 47.2 Å². The number of nitrogens with two attached hydrogens (primary N) is 1. The largest absolute Gasteiger partial charge is 0.493 e. The minimum atomic E-state index is 0.360. The molecule has 8 nitrogen and oxygen atoms in total. The fraction of sp³-hybridized carbons (Fsp3) is 0.400. The van der Waals surface area contributed by atoms with Crippen molar-refractivity contribution in [3.63, 3.8) is 0 Å². The molecule has 0 atom stereocenters. The van der Waals surface area contributed by atoms with Crippen molar-refractivity contribution in [1.29, 1.82) is 0 Å². The zero-order valence-electron chi connectivity index (χ0n) is 16.3. The molecule has 0 aliphatic carbocycles. The van der Waals surface area contributed by atoms with Crippen molar-refractivity contribution in [2.24, 2.45) is 0 Å². The van der Waals surface area contributed by atoms with E-state index in [-0.39, 0.29) is 0 Å². The lowest BCUT2D eigenvalue weighted by Gasteiger charge is -2.31. The van der Waals surface area contributed by atoms with Gasteiger partial charge in [0.25, 0.3) is 0 Å². The second-order valence-electron chi connectivity index (χ2n) is 6.95. The number of nitrogens with zero attached hydrogens (tertiary/aromatic N) is 5. The Balaban J connectivity index is 1.58. The first-order valence-corrected chi connectivity index (χ1v) is 9.32. The van der Waals surface area contributed by atoms with Crippen LogP contribution in [0.2, 0.25) is 0 Å². The maximum Gasteiger partial charge on any atom is 0.227 e. The van der Waals surface area contributed by atoms with Gasteiger partial charge < -0.3 is 20.1 Å². The van der Waals surface area contributed by atoms with Gasteiger partial charge in [-0.2, -0.15) is 4.98 Å². The van der Waals surface area contributed by atoms with E-state index in [1.807, 2.05) is 31.3 Å². The molecular formula is C20H24N6O2. The second kappa shape index (κ2) is 7.46. The van der Waals surface area contributed by atoms with Crippen LogP contribution in [-0.2, 0) is 0 Å². The summed E-state index contributed by atoms with van der Waals surface area (Å²) in [5.41, 5.74) is 7.96. The summed E-state index contributed by atoms with van der Waals surface area (Å²) in [6.45, 7) is 3.66. The molecule has 0 spiro atoms. The van der Waals surface area contributed by atoms with Gasteiger partial charge in [0.1, 0.15) is 11.6 Å². The Bertz CT molecular complexity index is 1000. The topological polar surface area (TPSA) is 99.3 Å². The van der Waals surface area contributed by atoms with Crippen molar-refractivity contribution < 1.29 is 9.47 Å². The maximum absolute atomic E-state index is 6.22. The third-order valence-corrected chi connectivity index (χ3v) is 5.18. The third-order valence-electron chi connectivity index (χ3n) is 5.18. The van der Waals surface area contributed by atoms with Gasteiger partial charge in [0.15, 0.2) is 11.5 Å². The van der Waals surface area contributed by atoms with Crippen LogP contribution in [0.15, 0.2) is 24.4 Å². The van der Waals surface area contributed by atoms with E-state index < -0.39 is 0 Å². The van der Waals surface area contributed by atoms with Crippen LogP contribution in [0, 0.1) is 6.92 Å². The number of ether oxygens (including phenoxy) is 2. The zero-order chi connectivity index (χ0) is 19.7. The number of benzene rings is 1. The van der Waals surface area contributed by atoms with E-state index in [0.717, 1.165) is 48.4 Å². The lowest BCUT2D eigenvalue weighted by molar-refractivity contribution is 0.356. The number of aromatic nitrogens is 4. The van der Waals surface area contributed by atoms with Crippen LogP contribution in [0.4, 0.5) is 11.8 Å². The fourth-order valence-electron chi connectivity index (χ4n) is 3.61. The monoisotopic (exact) mass is 380 g/mol. The third kappa shape index (κ3) is 3.37. The van der Waals surface area contributed by atoms with Gasteiger partial charge in [-0.1, -0.05) is 0 Å². The van der Waals surface area contributed by atoms with Gasteiger partial charge in [0.2, 0.25) is 5.95 Å². The van der Waals surface area contributed by atoms with E-state index in [0.29, 0.717) is 29.2 Å². The summed E-state index contributed by atoms with van der Waals surface area (Å²) in [5, 5.41) is 0.754. The normalized spacial score (nSPS) is 15.0. The summed E-state index contributed by atoms with van der Waals surface area (Å²) in [7, 11) is 3.20. The molecule has 1 aromatic carbocycles. The standard InChI is InChI=1S/C20H24N6O2/c1-12-4-7-22-19(23-12)13-5-8-26(9-6-13)20-24-15-11-17(28-3)16(27-2)10-14(15)18(21)25-20/h4,7,10-11,13H,5-6,8-9H2,1-3H3,(H2,21,24,25). The molecule has 0 amide bonds. The van der Waals surface area contributed by atoms with Crippen molar-refractivity contribution in [3.05, 3.63) is 35.9 Å². The molecule has 28 heavy (non-hydrogen) atoms. The number of hydrogen-bond donors (Lipinski definition) is 1. The molecule has 1 fully saturated rings. The summed E-state index contributed by atoms with van der Waals surface area (Å²) in [5.74, 6) is 3.59. The highest BCUT2D eigenvalue weighted by Crippen LogP contribution is 2.35. The first-order chi connectivity index (χ1) is 13.6. The number of anilines is 2. The summed E-state index contributed by atoms with van der Waals surface area (Å²) in [6.07, 6.45) is 3.74. The predicted molar refractivity (Wildman–Crippen MR) is 108 cm³/mol. The van der Waals surface area contributed by atoms with Gasteiger partial charge in [-0.3, -0.25) is 0 Å². The van der Waals surface area contributed by atoms with Crippen molar-refractivity contribution in [2.45, 2.75) is 25.7 Å². The molecule has 4 rings (SSSR count). The van der Waals surface area contributed by atoms with E-state index in [1.165, 1.54) is 0 Å². The number of aryl methyl sites for hydroxylation is 1. The lowest BCUT2D eigenvalue weighted by atomic mass is 9.96. The van der Waals surface area contributed by atoms with E-state index in [9.17, 15) is 0 Å². The van der Waals surface area contributed by atoms with Crippen LogP contribution in [0.25, 0.3) is 10.9 Å². The first kappa shape index (κ1) is 18.2. The number of piperidine rings is 1. The Kier molecular flexibility index (Phi) is 4.85. The van der Waals surface area contributed by atoms with E-state index in [1.54, 1.807) is 14.2 Å². The minimum absolute atomic E-state index is 0.360. The average Bonchev–Trinajstić information content (AvgIpc) is 2.73. The van der Waals surface area contributed by atoms with Gasteiger partial charge in [0.05, 0.1) is 19.7 Å². The highest BCUT2D eigenvalue weighted by molar-refractivity contribution is 5.91. The summed E-state index contributed by atoms with van der Waals surface area (Å²) in [6, 6.07) is 5.57. The predicted octanol–water partition coefficient (Wildman–Crippen LogP) is 2.71. The summed E-state index contributed by atoms with van der Waals surface area (Å²) in [4.78, 5) is 20.4. The maximum atomic E-state index is 6.22. The molecule has 0 radical (unpaired) electrons. The van der Waals surface area contributed by atoms with Crippen molar-refractivity contribution in [2.75, 3.05) is 37.9 Å². The SMILES string of the molecule is COc1cc2nc(N3CCC(c4nccc(C)n4)CC3)nc(N)c2cc1OC. The second-order valence-corrected chi connectivity index (χ2v) is 6.95. The number of nitrogen functional groups attached to an aromatic ring is 1. The quantitative estimate of drug-likeness (QED) is 0.737. The Hall–Kier alpha value is -3.16. The van der Waals surface area contributed by atoms with Gasteiger partial charge in [-0.15, -0.1) is 0 Å². The molecule has 0 unspecified atom stereocenters. The molecule has 0 bridgehead atoms. The van der Waals surface area contributed by atoms with Gasteiger partial charge in [-0.25, -0.2) is 15.0 Å². The Morgan fingerprint density at radius 2 is 1.75 bits per heavy atom. The smallest absolute Gasteiger partial charge is 0.227 e. The molecule has 146 valence electrons. The number of methoxy groups -OCH3 is 2. The average molecular weight is 380 g/mol. The number of fused-ring (bicyclic) bond motifs is 1. The summed E-state index contributed by atoms with van der Waals surface area (Å²) < 4.78 is 10.7. The molecule has 2 aromatic heterocycles. The van der Waals surface area contributed by atoms with E-state index >= 15 is 0 Å². The number of rotatable bonds is 4. The number of hydrogen-bond acceptors (Lipinski definition) is 8. The molecule has 8 heteroatoms. The van der Waals surface area contributed by atoms with Crippen LogP contribution in [0.3, 0.4) is 0 Å². The fourth-order valence-corrected chi connectivity index (χ4v) is 3.61. The van der Waals surface area contributed by atoms with Crippen molar-refractivity contribution >= 4 is 22.7 Å². The highest BCUT2D eigenvalue weighted by atomic mass is 16.5. The van der Waals surface area contributed by atoms with Crippen molar-refractivity contribution in [1.82, 2.24) is 19.9 Å². The molecule has 2 N–H and O–H groups in total. The first-order valence-electron chi connectivity index (χ1n) is 9.32. The Morgan fingerprint density at radius 1 is 1.04 bits per heavy atom. The molecule has 3 heterocycles. The van der Waals surface area contributed by atoms with E-state index in [2.05, 4.69) is 19.9 Å². The van der Waals surface area contributed by atoms with E-state index in [4.69, 9.17) is 20.2 Å². The minimum Gasteiger partial charge on any atom is -0.493 e. The van der Waals surface area contributed by atoms with Gasteiger partial charge in [0, 0.05) is 42.4 Å². The summed E-state index contributed by atoms with van der Waals surface area (Å²) >= 11 is 0. The highest BCUT2D eigenvalue weighted by Gasteiger charge is 2.25.